The van der Waals surface area contributed by atoms with Gasteiger partial charge in [0.15, 0.2) is 0 Å². The first-order valence-corrected chi connectivity index (χ1v) is 9.77. The third-order valence-electron chi connectivity index (χ3n) is 4.67. The predicted octanol–water partition coefficient (Wildman–Crippen LogP) is 4.93. The first-order chi connectivity index (χ1) is 12.7. The van der Waals surface area contributed by atoms with E-state index < -0.39 is 0 Å². The molecule has 0 bridgehead atoms. The largest absolute Gasteiger partial charge is 0.339 e. The SMILES string of the molecule is Clc1ccc(Br)cc1CN1CCC(c2nc(-c3ccccn3)no2)CC1. The van der Waals surface area contributed by atoms with Crippen molar-refractivity contribution in [2.75, 3.05) is 13.1 Å². The molecule has 1 aromatic carbocycles. The highest BCUT2D eigenvalue weighted by Gasteiger charge is 2.26. The van der Waals surface area contributed by atoms with Crippen LogP contribution in [-0.4, -0.2) is 33.1 Å². The molecule has 134 valence electrons. The smallest absolute Gasteiger partial charge is 0.230 e. The van der Waals surface area contributed by atoms with E-state index in [2.05, 4.69) is 42.0 Å². The van der Waals surface area contributed by atoms with E-state index in [1.807, 2.05) is 30.3 Å². The molecule has 0 unspecified atom stereocenters. The van der Waals surface area contributed by atoms with Gasteiger partial charge >= 0.3 is 0 Å². The Bertz CT molecular complexity index is 878. The van der Waals surface area contributed by atoms with Crippen molar-refractivity contribution in [3.63, 3.8) is 0 Å². The molecule has 0 amide bonds. The maximum atomic E-state index is 6.31. The van der Waals surface area contributed by atoms with E-state index in [1.54, 1.807) is 6.20 Å². The van der Waals surface area contributed by atoms with Crippen molar-refractivity contribution in [1.82, 2.24) is 20.0 Å². The molecule has 4 rings (SSSR count). The average Bonchev–Trinajstić information content (AvgIpc) is 3.16. The van der Waals surface area contributed by atoms with Crippen molar-refractivity contribution in [3.8, 4) is 11.5 Å². The van der Waals surface area contributed by atoms with Crippen LogP contribution in [0.5, 0.6) is 0 Å². The minimum absolute atomic E-state index is 0.300. The van der Waals surface area contributed by atoms with Gasteiger partial charge in [-0.15, -0.1) is 0 Å². The molecule has 1 aliphatic heterocycles. The Hall–Kier alpha value is -1.76. The molecule has 1 fully saturated rings. The summed E-state index contributed by atoms with van der Waals surface area (Å²) in [7, 11) is 0. The van der Waals surface area contributed by atoms with Crippen LogP contribution in [0.15, 0.2) is 51.6 Å². The summed E-state index contributed by atoms with van der Waals surface area (Å²) in [4.78, 5) is 11.2. The molecule has 3 heterocycles. The number of pyridine rings is 1. The number of benzene rings is 1. The number of nitrogens with zero attached hydrogens (tertiary/aromatic N) is 4. The fourth-order valence-corrected chi connectivity index (χ4v) is 3.83. The van der Waals surface area contributed by atoms with Crippen molar-refractivity contribution in [2.24, 2.45) is 0 Å². The molecule has 1 aliphatic rings. The highest BCUT2D eigenvalue weighted by molar-refractivity contribution is 9.10. The molecular weight excluding hydrogens is 416 g/mol. The van der Waals surface area contributed by atoms with E-state index in [9.17, 15) is 0 Å². The van der Waals surface area contributed by atoms with Crippen molar-refractivity contribution in [2.45, 2.75) is 25.3 Å². The molecule has 0 N–H and O–H groups in total. The molecular formula is C19H18BrClN4O. The van der Waals surface area contributed by atoms with Crippen molar-refractivity contribution in [1.29, 1.82) is 0 Å². The normalized spacial score (nSPS) is 16.1. The van der Waals surface area contributed by atoms with Gasteiger partial charge in [0.05, 0.1) is 0 Å². The van der Waals surface area contributed by atoms with Crippen LogP contribution in [0.3, 0.4) is 0 Å². The number of hydrogen-bond acceptors (Lipinski definition) is 5. The van der Waals surface area contributed by atoms with Crippen LogP contribution in [0.1, 0.15) is 30.2 Å². The van der Waals surface area contributed by atoms with Gasteiger partial charge in [-0.2, -0.15) is 4.98 Å². The minimum atomic E-state index is 0.300. The Balaban J connectivity index is 1.38. The van der Waals surface area contributed by atoms with Crippen LogP contribution in [-0.2, 0) is 6.54 Å². The molecule has 26 heavy (non-hydrogen) atoms. The zero-order valence-corrected chi connectivity index (χ0v) is 16.4. The average molecular weight is 434 g/mol. The predicted molar refractivity (Wildman–Crippen MR) is 104 cm³/mol. The Labute approximate surface area is 165 Å². The Kier molecular flexibility index (Phi) is 5.33. The number of halogens is 2. The molecule has 5 nitrogen and oxygen atoms in total. The maximum Gasteiger partial charge on any atom is 0.230 e. The summed E-state index contributed by atoms with van der Waals surface area (Å²) in [5, 5.41) is 4.90. The summed E-state index contributed by atoms with van der Waals surface area (Å²) in [6.07, 6.45) is 3.72. The number of piperidine rings is 1. The van der Waals surface area contributed by atoms with Crippen molar-refractivity contribution in [3.05, 3.63) is 63.5 Å². The second-order valence-corrected chi connectivity index (χ2v) is 7.78. The van der Waals surface area contributed by atoms with Gasteiger partial charge in [0, 0.05) is 28.2 Å². The molecule has 0 saturated carbocycles. The van der Waals surface area contributed by atoms with Gasteiger partial charge in [0.1, 0.15) is 5.69 Å². The number of likely N-dealkylation sites (tertiary alicyclic amines) is 1. The van der Waals surface area contributed by atoms with Gasteiger partial charge in [0.25, 0.3) is 0 Å². The number of aromatic nitrogens is 3. The minimum Gasteiger partial charge on any atom is -0.339 e. The lowest BCUT2D eigenvalue weighted by Crippen LogP contribution is -2.32. The zero-order valence-electron chi connectivity index (χ0n) is 14.1. The van der Waals surface area contributed by atoms with E-state index in [0.717, 1.165) is 53.2 Å². The first kappa shape index (κ1) is 17.6. The summed E-state index contributed by atoms with van der Waals surface area (Å²) in [5.74, 6) is 1.57. The van der Waals surface area contributed by atoms with Crippen LogP contribution >= 0.6 is 27.5 Å². The molecule has 0 radical (unpaired) electrons. The van der Waals surface area contributed by atoms with Gasteiger partial charge in [-0.05, 0) is 61.8 Å². The van der Waals surface area contributed by atoms with Crippen LogP contribution in [0.2, 0.25) is 5.02 Å². The molecule has 3 aromatic rings. The monoisotopic (exact) mass is 432 g/mol. The molecule has 0 aliphatic carbocycles. The summed E-state index contributed by atoms with van der Waals surface area (Å²) in [6, 6.07) is 11.7. The van der Waals surface area contributed by atoms with E-state index in [1.165, 1.54) is 0 Å². The third-order valence-corrected chi connectivity index (χ3v) is 5.54. The number of rotatable bonds is 4. The molecule has 2 aromatic heterocycles. The van der Waals surface area contributed by atoms with Crippen molar-refractivity contribution < 1.29 is 4.52 Å². The Morgan fingerprint density at radius 1 is 1.19 bits per heavy atom. The van der Waals surface area contributed by atoms with Crippen molar-refractivity contribution >= 4 is 27.5 Å². The summed E-state index contributed by atoms with van der Waals surface area (Å²) in [6.45, 7) is 2.82. The highest BCUT2D eigenvalue weighted by atomic mass is 79.9. The molecule has 1 saturated heterocycles. The van der Waals surface area contributed by atoms with E-state index in [4.69, 9.17) is 16.1 Å². The van der Waals surface area contributed by atoms with E-state index in [-0.39, 0.29) is 0 Å². The fraction of sp³-hybridized carbons (Fsp3) is 0.316. The Morgan fingerprint density at radius 3 is 2.81 bits per heavy atom. The fourth-order valence-electron chi connectivity index (χ4n) is 3.24. The topological polar surface area (TPSA) is 55.1 Å². The van der Waals surface area contributed by atoms with Gasteiger partial charge in [-0.25, -0.2) is 0 Å². The summed E-state index contributed by atoms with van der Waals surface area (Å²) >= 11 is 9.83. The third kappa shape index (κ3) is 3.98. The highest BCUT2D eigenvalue weighted by Crippen LogP contribution is 2.30. The first-order valence-electron chi connectivity index (χ1n) is 8.60. The second kappa shape index (κ2) is 7.86. The molecule has 0 atom stereocenters. The number of hydrogen-bond donors (Lipinski definition) is 0. The van der Waals surface area contributed by atoms with Gasteiger partial charge < -0.3 is 4.52 Å². The van der Waals surface area contributed by atoms with Crippen LogP contribution in [0, 0.1) is 0 Å². The molecule has 0 spiro atoms. The van der Waals surface area contributed by atoms with E-state index in [0.29, 0.717) is 17.6 Å². The van der Waals surface area contributed by atoms with E-state index >= 15 is 0 Å². The van der Waals surface area contributed by atoms with Gasteiger partial charge in [-0.1, -0.05) is 38.8 Å². The van der Waals surface area contributed by atoms with Crippen LogP contribution < -0.4 is 0 Å². The van der Waals surface area contributed by atoms with Crippen LogP contribution in [0.25, 0.3) is 11.5 Å². The summed E-state index contributed by atoms with van der Waals surface area (Å²) < 4.78 is 6.56. The van der Waals surface area contributed by atoms with Gasteiger partial charge in [-0.3, -0.25) is 9.88 Å². The lowest BCUT2D eigenvalue weighted by molar-refractivity contribution is 0.187. The summed E-state index contributed by atoms with van der Waals surface area (Å²) in [5.41, 5.74) is 1.89. The Morgan fingerprint density at radius 2 is 2.04 bits per heavy atom. The van der Waals surface area contributed by atoms with Crippen LogP contribution in [0.4, 0.5) is 0 Å². The quantitative estimate of drug-likeness (QED) is 0.584. The molecule has 7 heteroatoms. The zero-order chi connectivity index (χ0) is 17.9. The lowest BCUT2D eigenvalue weighted by atomic mass is 9.96. The second-order valence-electron chi connectivity index (χ2n) is 6.46. The lowest BCUT2D eigenvalue weighted by Gasteiger charge is -2.30. The maximum absolute atomic E-state index is 6.31. The standard InChI is InChI=1S/C19H18BrClN4O/c20-15-4-5-16(21)14(11-15)12-25-9-6-13(7-10-25)19-23-18(24-26-19)17-3-1-2-8-22-17/h1-5,8,11,13H,6-7,9-10,12H2. The van der Waals surface area contributed by atoms with Gasteiger partial charge in [0.2, 0.25) is 11.7 Å².